The van der Waals surface area contributed by atoms with Crippen molar-refractivity contribution in [2.75, 3.05) is 0 Å². The van der Waals surface area contributed by atoms with Crippen LogP contribution in [0.15, 0.2) is 0 Å². The van der Waals surface area contributed by atoms with Crippen molar-refractivity contribution in [1.29, 1.82) is 0 Å². The van der Waals surface area contributed by atoms with E-state index in [1.807, 2.05) is 0 Å². The molecule has 1 aliphatic carbocycles. The van der Waals surface area contributed by atoms with Gasteiger partial charge in [-0.1, -0.05) is 32.4 Å². The first kappa shape index (κ1) is 10.3. The summed E-state index contributed by atoms with van der Waals surface area (Å²) in [5.41, 5.74) is 0.577. The first-order chi connectivity index (χ1) is 5.70. The molecule has 0 radical (unpaired) electrons. The molecule has 1 unspecified atom stereocenters. The highest BCUT2D eigenvalue weighted by Crippen LogP contribution is 2.21. The molecule has 0 aromatic rings. The zero-order valence-electron chi connectivity index (χ0n) is 8.68. The van der Waals surface area contributed by atoms with Crippen molar-refractivity contribution in [3.05, 3.63) is 0 Å². The molecule has 0 aromatic heterocycles. The maximum Gasteiger partial charge on any atom is 0.0652 e. The third-order valence-corrected chi connectivity index (χ3v) is 4.93. The maximum atomic E-state index is 6.01. The molecule has 1 saturated carbocycles. The summed E-state index contributed by atoms with van der Waals surface area (Å²) in [6.07, 6.45) is 7.42. The van der Waals surface area contributed by atoms with Gasteiger partial charge in [0, 0.05) is 5.73 Å². The van der Waals surface area contributed by atoms with Crippen LogP contribution in [0.5, 0.6) is 0 Å². The molecule has 2 heteroatoms. The molecular formula is C10H22OSi. The lowest BCUT2D eigenvalue weighted by Gasteiger charge is -2.27. The zero-order chi connectivity index (χ0) is 8.97. The van der Waals surface area contributed by atoms with Crippen LogP contribution in [0.2, 0.25) is 13.1 Å². The van der Waals surface area contributed by atoms with Gasteiger partial charge in [-0.15, -0.1) is 0 Å². The SMILES string of the molecule is CC(OC1CCCCC1)[SiH](C)C. The van der Waals surface area contributed by atoms with Crippen LogP contribution in [0.25, 0.3) is 0 Å². The molecule has 0 amide bonds. The smallest absolute Gasteiger partial charge is 0.0652 e. The Kier molecular flexibility index (Phi) is 4.30. The number of hydrogen-bond acceptors (Lipinski definition) is 1. The predicted molar refractivity (Wildman–Crippen MR) is 56.3 cm³/mol. The quantitative estimate of drug-likeness (QED) is 0.616. The minimum Gasteiger partial charge on any atom is -0.379 e. The van der Waals surface area contributed by atoms with Crippen molar-refractivity contribution in [3.63, 3.8) is 0 Å². The molecule has 72 valence electrons. The topological polar surface area (TPSA) is 9.23 Å². The van der Waals surface area contributed by atoms with E-state index in [4.69, 9.17) is 4.74 Å². The summed E-state index contributed by atoms with van der Waals surface area (Å²) in [6, 6.07) is 0. The number of hydrogen-bond donors (Lipinski definition) is 0. The highest BCUT2D eigenvalue weighted by molar-refractivity contribution is 6.57. The van der Waals surface area contributed by atoms with Crippen molar-refractivity contribution in [2.24, 2.45) is 0 Å². The second-order valence-corrected chi connectivity index (χ2v) is 7.77. The van der Waals surface area contributed by atoms with Gasteiger partial charge in [0.1, 0.15) is 0 Å². The molecule has 0 N–H and O–H groups in total. The highest BCUT2D eigenvalue weighted by Gasteiger charge is 2.18. The summed E-state index contributed by atoms with van der Waals surface area (Å²) >= 11 is 0. The third kappa shape index (κ3) is 3.28. The van der Waals surface area contributed by atoms with Gasteiger partial charge in [0.2, 0.25) is 0 Å². The summed E-state index contributed by atoms with van der Waals surface area (Å²) < 4.78 is 6.01. The van der Waals surface area contributed by atoms with E-state index in [-0.39, 0.29) is 0 Å². The minimum absolute atomic E-state index is 0.558. The second-order valence-electron chi connectivity index (χ2n) is 4.35. The fraction of sp³-hybridized carbons (Fsp3) is 1.00. The first-order valence-electron chi connectivity index (χ1n) is 5.35. The largest absolute Gasteiger partial charge is 0.379 e. The summed E-state index contributed by atoms with van der Waals surface area (Å²) in [6.45, 7) is 6.99. The Morgan fingerprint density at radius 3 is 2.25 bits per heavy atom. The van der Waals surface area contributed by atoms with Crippen LogP contribution < -0.4 is 0 Å². The molecule has 0 bridgehead atoms. The van der Waals surface area contributed by atoms with E-state index in [1.165, 1.54) is 32.1 Å². The Labute approximate surface area is 78.1 Å². The summed E-state index contributed by atoms with van der Waals surface area (Å²) in [5.74, 6) is 0. The maximum absolute atomic E-state index is 6.01. The monoisotopic (exact) mass is 186 g/mol. The molecule has 12 heavy (non-hydrogen) atoms. The van der Waals surface area contributed by atoms with Crippen molar-refractivity contribution in [2.45, 2.75) is 64.0 Å². The van der Waals surface area contributed by atoms with Crippen LogP contribution in [0, 0.1) is 0 Å². The molecule has 0 heterocycles. The van der Waals surface area contributed by atoms with E-state index in [9.17, 15) is 0 Å². The molecule has 0 saturated heterocycles. The molecule has 0 aliphatic heterocycles. The lowest BCUT2D eigenvalue weighted by molar-refractivity contribution is 0.0132. The van der Waals surface area contributed by atoms with Gasteiger partial charge in [-0.05, 0) is 19.8 Å². The average molecular weight is 186 g/mol. The fourth-order valence-corrected chi connectivity index (χ4v) is 2.20. The van der Waals surface area contributed by atoms with Gasteiger partial charge < -0.3 is 4.74 Å². The summed E-state index contributed by atoms with van der Waals surface area (Å²) in [5, 5.41) is 0. The van der Waals surface area contributed by atoms with Crippen LogP contribution in [0.4, 0.5) is 0 Å². The average Bonchev–Trinajstić information content (AvgIpc) is 2.06. The fourth-order valence-electron chi connectivity index (χ4n) is 1.66. The van der Waals surface area contributed by atoms with Crippen LogP contribution in [-0.2, 0) is 4.74 Å². The Morgan fingerprint density at radius 1 is 1.17 bits per heavy atom. The van der Waals surface area contributed by atoms with Crippen molar-refractivity contribution >= 4 is 8.80 Å². The van der Waals surface area contributed by atoms with E-state index in [0.717, 1.165) is 0 Å². The van der Waals surface area contributed by atoms with Crippen molar-refractivity contribution in [3.8, 4) is 0 Å². The van der Waals surface area contributed by atoms with Gasteiger partial charge in [-0.3, -0.25) is 0 Å². The Balaban J connectivity index is 2.20. The van der Waals surface area contributed by atoms with Crippen LogP contribution >= 0.6 is 0 Å². The summed E-state index contributed by atoms with van der Waals surface area (Å²) in [4.78, 5) is 0. The van der Waals surface area contributed by atoms with Crippen LogP contribution in [0.1, 0.15) is 39.0 Å². The molecule has 0 spiro atoms. The molecule has 1 atom stereocenters. The van der Waals surface area contributed by atoms with Crippen LogP contribution in [0.3, 0.4) is 0 Å². The molecule has 0 aromatic carbocycles. The molecular weight excluding hydrogens is 164 g/mol. The Morgan fingerprint density at radius 2 is 1.75 bits per heavy atom. The highest BCUT2D eigenvalue weighted by atomic mass is 28.3. The van der Waals surface area contributed by atoms with Gasteiger partial charge >= 0.3 is 0 Å². The Hall–Kier alpha value is 0.177. The lowest BCUT2D eigenvalue weighted by atomic mass is 9.98. The van der Waals surface area contributed by atoms with Crippen molar-refractivity contribution < 1.29 is 4.74 Å². The van der Waals surface area contributed by atoms with E-state index < -0.39 is 8.80 Å². The van der Waals surface area contributed by atoms with E-state index in [1.54, 1.807) is 0 Å². The third-order valence-electron chi connectivity index (χ3n) is 2.90. The van der Waals surface area contributed by atoms with E-state index >= 15 is 0 Å². The normalized spacial score (nSPS) is 23.0. The molecule has 1 aliphatic rings. The van der Waals surface area contributed by atoms with E-state index in [0.29, 0.717) is 11.8 Å². The summed E-state index contributed by atoms with van der Waals surface area (Å²) in [7, 11) is -0.558. The van der Waals surface area contributed by atoms with E-state index in [2.05, 4.69) is 20.0 Å². The van der Waals surface area contributed by atoms with Gasteiger partial charge in [-0.2, -0.15) is 0 Å². The van der Waals surface area contributed by atoms with Gasteiger partial charge in [0.15, 0.2) is 0 Å². The second kappa shape index (κ2) is 5.03. The molecule has 1 rings (SSSR count). The Bertz CT molecular complexity index is 119. The first-order valence-corrected chi connectivity index (χ1v) is 8.33. The lowest BCUT2D eigenvalue weighted by Crippen LogP contribution is -2.30. The van der Waals surface area contributed by atoms with Gasteiger partial charge in [-0.25, -0.2) is 0 Å². The predicted octanol–water partition coefficient (Wildman–Crippen LogP) is 2.75. The number of rotatable bonds is 3. The van der Waals surface area contributed by atoms with Crippen molar-refractivity contribution in [1.82, 2.24) is 0 Å². The molecule has 1 fully saturated rings. The van der Waals surface area contributed by atoms with Gasteiger partial charge in [0.05, 0.1) is 14.9 Å². The number of ether oxygens (including phenoxy) is 1. The minimum atomic E-state index is -0.558. The van der Waals surface area contributed by atoms with Gasteiger partial charge in [0.25, 0.3) is 0 Å². The zero-order valence-corrected chi connectivity index (χ0v) is 9.83. The standard InChI is InChI=1S/C10H22OSi/c1-9(12(2)3)11-10-7-5-4-6-8-10/h9-10,12H,4-8H2,1-3H3. The molecule has 1 nitrogen and oxygen atoms in total. The van der Waals surface area contributed by atoms with Crippen LogP contribution in [-0.4, -0.2) is 20.6 Å².